The maximum Gasteiger partial charge on any atom is 0.407 e. The lowest BCUT2D eigenvalue weighted by Gasteiger charge is -2.35. The van der Waals surface area contributed by atoms with E-state index in [4.69, 9.17) is 34.6 Å². The first-order valence-electron chi connectivity index (χ1n) is 43.6. The number of alkyl carbamates (subject to hydrolysis) is 1. The monoisotopic (exact) mass is 1600 g/mol. The van der Waals surface area contributed by atoms with Gasteiger partial charge in [0.25, 0.3) is 5.91 Å². The van der Waals surface area contributed by atoms with Gasteiger partial charge in [-0.15, -0.1) is 0 Å². The lowest BCUT2D eigenvalue weighted by Crippen LogP contribution is -2.35. The Balaban J connectivity index is 0.000000173. The number of nitrogens with two attached hydrogens (primary N) is 1. The molecule has 0 bridgehead atoms. The minimum Gasteiger partial charge on any atom is -0.444 e. The first kappa shape index (κ1) is 90.2. The fourth-order valence-corrected chi connectivity index (χ4v) is 18.1. The summed E-state index contributed by atoms with van der Waals surface area (Å²) >= 11 is 0. The minimum absolute atomic E-state index is 0.0436. The number of hydrogen-bond donors (Lipinski definition) is 3. The molecule has 6 aliphatic carbocycles. The van der Waals surface area contributed by atoms with Gasteiger partial charge in [0.15, 0.2) is 0 Å². The molecule has 6 saturated carbocycles. The van der Waals surface area contributed by atoms with Gasteiger partial charge in [0.1, 0.15) is 53.1 Å². The molecule has 3 aromatic carbocycles. The number of ketones is 3. The zero-order valence-corrected chi connectivity index (χ0v) is 73.1. The van der Waals surface area contributed by atoms with Crippen molar-refractivity contribution in [3.05, 3.63) is 173 Å². The van der Waals surface area contributed by atoms with E-state index in [2.05, 4.69) is 137 Å². The highest BCUT2D eigenvalue weighted by Gasteiger charge is 2.46. The minimum atomic E-state index is -0.588. The highest BCUT2D eigenvalue weighted by atomic mass is 16.6. The summed E-state index contributed by atoms with van der Waals surface area (Å²) < 4.78 is 24.7. The zero-order chi connectivity index (χ0) is 84.7. The van der Waals surface area contributed by atoms with Crippen LogP contribution >= 0.6 is 0 Å². The average molecular weight is 1600 g/mol. The van der Waals surface area contributed by atoms with Crippen molar-refractivity contribution in [1.82, 2.24) is 35.9 Å². The van der Waals surface area contributed by atoms with E-state index in [0.717, 1.165) is 149 Å². The molecule has 2 amide bonds. The Morgan fingerprint density at radius 2 is 0.838 bits per heavy atom. The van der Waals surface area contributed by atoms with Crippen LogP contribution in [0.4, 0.5) is 4.79 Å². The van der Waals surface area contributed by atoms with E-state index in [0.29, 0.717) is 92.5 Å². The molecule has 20 nitrogen and oxygen atoms in total. The topological polar surface area (TPSA) is 305 Å². The first-order chi connectivity index (χ1) is 55.6. The Morgan fingerprint density at radius 3 is 1.14 bits per heavy atom. The number of carbonyl (C=O) groups is 6. The summed E-state index contributed by atoms with van der Waals surface area (Å²) in [7, 11) is 0. The zero-order valence-electron chi connectivity index (χ0n) is 73.1. The molecule has 0 aliphatic heterocycles. The van der Waals surface area contributed by atoms with Crippen molar-refractivity contribution in [1.29, 1.82) is 10.5 Å². The number of ether oxygens (including phenoxy) is 1. The molecule has 0 spiro atoms. The second kappa shape index (κ2) is 41.0. The third kappa shape index (κ3) is 25.9. The normalized spacial score (nSPS) is 19.5. The van der Waals surface area contributed by atoms with Crippen LogP contribution in [-0.4, -0.2) is 85.7 Å². The van der Waals surface area contributed by atoms with Crippen LogP contribution in [-0.2, 0) is 43.2 Å². The van der Waals surface area contributed by atoms with Crippen molar-refractivity contribution in [2.75, 3.05) is 19.6 Å². The van der Waals surface area contributed by atoms with Gasteiger partial charge in [-0.25, -0.2) is 9.48 Å². The van der Waals surface area contributed by atoms with E-state index < -0.39 is 11.7 Å². The average Bonchev–Trinajstić information content (AvgIpc) is 1.61. The maximum atomic E-state index is 13.4. The Kier molecular flexibility index (Phi) is 31.6. The molecule has 0 radical (unpaired) electrons. The van der Waals surface area contributed by atoms with Gasteiger partial charge in [0.2, 0.25) is 5.91 Å². The number of nitrogens with zero attached hydrogens (tertiary/aromatic N) is 7. The van der Waals surface area contributed by atoms with E-state index in [1.54, 1.807) is 19.1 Å². The molecule has 4 N–H and O–H groups in total. The fourth-order valence-electron chi connectivity index (χ4n) is 18.1. The van der Waals surface area contributed by atoms with E-state index >= 15 is 0 Å². The Hall–Kier alpha value is -9.14. The summed E-state index contributed by atoms with van der Waals surface area (Å²) in [5, 5.41) is 40.5. The number of aryl methyl sites for hydroxylation is 8. The van der Waals surface area contributed by atoms with Crippen LogP contribution in [0.2, 0.25) is 0 Å². The molecule has 4 heterocycles. The third-order valence-corrected chi connectivity index (χ3v) is 24.2. The number of hydrogen-bond acceptors (Lipinski definition) is 17. The van der Waals surface area contributed by atoms with Crippen LogP contribution in [0.5, 0.6) is 0 Å². The van der Waals surface area contributed by atoms with E-state index in [1.807, 2.05) is 65.8 Å². The molecule has 6 fully saturated rings. The molecule has 6 aliphatic rings. The largest absolute Gasteiger partial charge is 0.444 e. The highest BCUT2D eigenvalue weighted by molar-refractivity contribution is 5.84. The standard InChI is InChI=1S/C32H46N2O4.C30H39N3O3.C27H38N2O2.C8H9N3O/c1-19(2)12-22-14-25(15-22)30-28(23-10-11-23)29(34-38-30)26(18-33-31(36)37-32(5,6)7)17-27(35)16-24-9-8-20(3)13-21(24)4;1-18(2)11-21-13-24(14-21)30-28(22-7-8-22)29(33-36-30)25(17-32-27(35)9-10-31)16-26(34)15-23-6-5-19(3)12-20(23)4;1-16(2)9-19-11-22(12-19)27-25(20-7-8-20)26(29-31-27)23(15-28)14-24(30)13-21-6-5-17(3)10-18(21)4;1-6-5-7(2)11(10-6)8(12)3-4-9/h8-9,13,19,22-23,25-26H,10-12,14-18H2,1-7H3,(H,33,36);5-6,12,18,21-22,24-25H,7-9,11,13-17H2,1-4H3,(H,32,35);5-6,10,16,19-20,22-23H,7-9,11-15,28H2,1-4H3;5H,3H2,1-2H3/t22?,25?,26-;21?,24?,25-;19?,22?,23-;/m111./s1. The maximum absolute atomic E-state index is 13.4. The van der Waals surface area contributed by atoms with Crippen LogP contribution in [0.25, 0.3) is 0 Å². The van der Waals surface area contributed by atoms with Crippen LogP contribution in [0, 0.1) is 114 Å². The number of amides is 2. The van der Waals surface area contributed by atoms with E-state index in [1.165, 1.54) is 88.6 Å². The quantitative estimate of drug-likeness (QED) is 0.0337. The van der Waals surface area contributed by atoms with Gasteiger partial charge in [-0.05, 0) is 265 Å². The van der Waals surface area contributed by atoms with E-state index in [-0.39, 0.29) is 72.7 Å². The number of benzene rings is 3. The first-order valence-corrected chi connectivity index (χ1v) is 43.6. The fraction of sp³-hybridized carbons (Fsp3) is 0.608. The van der Waals surface area contributed by atoms with Crippen molar-refractivity contribution in [2.45, 2.75) is 324 Å². The van der Waals surface area contributed by atoms with Crippen LogP contribution in [0.15, 0.2) is 74.2 Å². The third-order valence-electron chi connectivity index (χ3n) is 24.2. The van der Waals surface area contributed by atoms with Crippen LogP contribution < -0.4 is 16.4 Å². The van der Waals surface area contributed by atoms with Crippen molar-refractivity contribution in [3.63, 3.8) is 0 Å². The summed E-state index contributed by atoms with van der Waals surface area (Å²) in [4.78, 5) is 75.3. The Labute approximate surface area is 695 Å². The number of nitrogens with one attached hydrogen (secondary N) is 2. The lowest BCUT2D eigenvalue weighted by atomic mass is 9.69. The number of Topliss-reactive ketones (excluding diaryl/α,β-unsaturated/α-hetero) is 3. The summed E-state index contributed by atoms with van der Waals surface area (Å²) in [5.74, 6) is 9.76. The van der Waals surface area contributed by atoms with Crippen molar-refractivity contribution in [3.8, 4) is 12.1 Å². The summed E-state index contributed by atoms with van der Waals surface area (Å²) in [6.45, 7) is 36.2. The summed E-state index contributed by atoms with van der Waals surface area (Å²) in [6, 6.07) is 24.2. The summed E-state index contributed by atoms with van der Waals surface area (Å²) in [5.41, 5.74) is 23.7. The van der Waals surface area contributed by atoms with Crippen LogP contribution in [0.3, 0.4) is 0 Å². The van der Waals surface area contributed by atoms with Gasteiger partial charge >= 0.3 is 6.09 Å². The number of aromatic nitrogens is 5. The van der Waals surface area contributed by atoms with Crippen molar-refractivity contribution < 1.29 is 47.1 Å². The van der Waals surface area contributed by atoms with Crippen molar-refractivity contribution >= 4 is 35.3 Å². The number of rotatable bonds is 34. The molecule has 630 valence electrons. The number of nitriles is 2. The Bertz CT molecular complexity index is 4650. The molecule has 117 heavy (non-hydrogen) atoms. The molecular formula is C97H132N10O10. The lowest BCUT2D eigenvalue weighted by molar-refractivity contribution is -0.121. The molecule has 3 atom stereocenters. The van der Waals surface area contributed by atoms with Gasteiger partial charge in [0, 0.05) is 116 Å². The highest BCUT2D eigenvalue weighted by Crippen LogP contribution is 2.56. The van der Waals surface area contributed by atoms with Gasteiger partial charge in [0.05, 0.1) is 34.9 Å². The van der Waals surface area contributed by atoms with Gasteiger partial charge in [-0.1, -0.05) is 128 Å². The molecule has 7 aromatic rings. The second-order valence-corrected chi connectivity index (χ2v) is 37.8. The SMILES string of the molecule is Cc1cc(C)n(C(=O)CC#N)n1.Cc1ccc(CC(=O)C[C@H](CN)c2noc(C3CC(CC(C)C)C3)c2C2CC2)c(C)c1.Cc1ccc(CC(=O)C[C@H](CNC(=O)CC#N)c2noc(C3CC(CC(C)C)C3)c2C2CC2)c(C)c1.Cc1ccc(CC(=O)C[C@H](CNC(=O)OC(C)(C)C)c2noc(C3CC(CC(C)C)C3)c2C2CC2)c(C)c1. The predicted molar refractivity (Wildman–Crippen MR) is 455 cm³/mol. The van der Waals surface area contributed by atoms with E-state index in [9.17, 15) is 28.8 Å². The molecule has 0 saturated heterocycles. The molecular weight excluding hydrogens is 1470 g/mol. The Morgan fingerprint density at radius 1 is 0.496 bits per heavy atom. The second-order valence-electron chi connectivity index (χ2n) is 37.8. The number of carbonyl (C=O) groups excluding carboxylic acids is 6. The molecule has 13 rings (SSSR count). The molecule has 0 unspecified atom stereocenters. The van der Waals surface area contributed by atoms with Crippen molar-refractivity contribution in [2.24, 2.45) is 41.2 Å². The summed E-state index contributed by atoms with van der Waals surface area (Å²) in [6.07, 6.45) is 19.2. The van der Waals surface area contributed by atoms with Gasteiger partial charge in [-0.3, -0.25) is 24.0 Å². The van der Waals surface area contributed by atoms with Crippen LogP contribution in [0.1, 0.15) is 361 Å². The molecule has 20 heteroatoms. The predicted octanol–water partition coefficient (Wildman–Crippen LogP) is 20.5. The van der Waals surface area contributed by atoms with Gasteiger partial charge < -0.3 is 34.7 Å². The smallest absolute Gasteiger partial charge is 0.407 e. The molecule has 4 aromatic heterocycles. The van der Waals surface area contributed by atoms with Gasteiger partial charge in [-0.2, -0.15) is 15.6 Å².